The summed E-state index contributed by atoms with van der Waals surface area (Å²) in [5.74, 6) is 5.97. The lowest BCUT2D eigenvalue weighted by atomic mass is 9.92. The van der Waals surface area contributed by atoms with Gasteiger partial charge in [-0.3, -0.25) is 0 Å². The van der Waals surface area contributed by atoms with Gasteiger partial charge in [-0.05, 0) is 61.1 Å². The number of hydrogen-bond acceptors (Lipinski definition) is 1. The van der Waals surface area contributed by atoms with Gasteiger partial charge in [-0.25, -0.2) is 5.84 Å². The number of pyridine rings is 1. The predicted molar refractivity (Wildman–Crippen MR) is 77.5 cm³/mol. The summed E-state index contributed by atoms with van der Waals surface area (Å²) in [7, 11) is 0. The van der Waals surface area contributed by atoms with Gasteiger partial charge < -0.3 is 0 Å². The van der Waals surface area contributed by atoms with E-state index in [0.29, 0.717) is 0 Å². The Kier molecular flexibility index (Phi) is 3.32. The number of nitrogens with zero attached hydrogens (tertiary/aromatic N) is 1. The molecular weight excluding hydrogens is 232 g/mol. The van der Waals surface area contributed by atoms with Crippen LogP contribution in [0.25, 0.3) is 16.8 Å². The second-order valence-corrected chi connectivity index (χ2v) is 4.96. The van der Waals surface area contributed by atoms with Crippen molar-refractivity contribution in [3.63, 3.8) is 0 Å². The van der Waals surface area contributed by atoms with E-state index in [2.05, 4.69) is 24.3 Å². The molecule has 2 nitrogen and oxygen atoms in total. The number of nitrogen functional groups attached to an aromatic ring is 1. The molecule has 95 valence electrons. The zero-order valence-corrected chi connectivity index (χ0v) is 11.0. The first-order valence-corrected chi connectivity index (χ1v) is 6.82. The fraction of sp³-hybridized carbons (Fsp3) is 0.235. The zero-order chi connectivity index (χ0) is 13.1. The minimum Gasteiger partial charge on any atom is -0.205 e. The Labute approximate surface area is 114 Å². The normalized spacial score (nSPS) is 15.1. The maximum absolute atomic E-state index is 5.97. The number of allylic oxidation sites excluding steroid dienone is 2. The Morgan fingerprint density at radius 3 is 2.89 bits per heavy atom. The van der Waals surface area contributed by atoms with E-state index in [0.717, 1.165) is 17.7 Å². The molecule has 1 heterocycles. The summed E-state index contributed by atoms with van der Waals surface area (Å²) in [6.07, 6.45) is 9.16. The minimum atomic E-state index is 1.02. The van der Waals surface area contributed by atoms with Gasteiger partial charge in [0.15, 0.2) is 6.20 Å². The number of aromatic nitrogens is 1. The molecule has 1 aromatic carbocycles. The third kappa shape index (κ3) is 2.53. The molecule has 2 aromatic rings. The lowest BCUT2D eigenvalue weighted by Crippen LogP contribution is -2.45. The molecule has 1 aromatic heterocycles. The van der Waals surface area contributed by atoms with Gasteiger partial charge in [0.25, 0.3) is 0 Å². The van der Waals surface area contributed by atoms with Crippen molar-refractivity contribution >= 4 is 5.57 Å². The molecule has 0 atom stereocenters. The topological polar surface area (TPSA) is 29.9 Å². The molecule has 3 rings (SSSR count). The molecule has 1 aliphatic carbocycles. The highest BCUT2D eigenvalue weighted by molar-refractivity contribution is 5.70. The van der Waals surface area contributed by atoms with Crippen LogP contribution in [0.2, 0.25) is 0 Å². The average Bonchev–Trinajstić information content (AvgIpc) is 2.49. The third-order valence-electron chi connectivity index (χ3n) is 3.62. The average molecular weight is 250 g/mol. The largest absolute Gasteiger partial charge is 0.242 e. The van der Waals surface area contributed by atoms with Crippen LogP contribution in [0.5, 0.6) is 0 Å². The van der Waals surface area contributed by atoms with E-state index in [1.54, 1.807) is 4.68 Å². The minimum absolute atomic E-state index is 1.02. The molecule has 0 spiro atoms. The summed E-state index contributed by atoms with van der Waals surface area (Å²) in [6.45, 7) is 0. The van der Waals surface area contributed by atoms with Crippen LogP contribution in [0.3, 0.4) is 0 Å². The number of hydrogen-bond donors (Lipinski definition) is 1. The Hall–Kier alpha value is -2.09. The first kappa shape index (κ1) is 12.0. The number of rotatable bonds is 2. The van der Waals surface area contributed by atoms with Crippen LogP contribution in [0.4, 0.5) is 0 Å². The number of benzene rings is 1. The fourth-order valence-electron chi connectivity index (χ4n) is 2.59. The van der Waals surface area contributed by atoms with Crippen LogP contribution in [-0.4, -0.2) is 0 Å². The second kappa shape index (κ2) is 5.27. The highest BCUT2D eigenvalue weighted by Gasteiger charge is 2.12. The van der Waals surface area contributed by atoms with E-state index in [4.69, 9.17) is 5.84 Å². The van der Waals surface area contributed by atoms with E-state index >= 15 is 0 Å². The van der Waals surface area contributed by atoms with E-state index < -0.39 is 0 Å². The van der Waals surface area contributed by atoms with Gasteiger partial charge in [0, 0.05) is 17.7 Å². The lowest BCUT2D eigenvalue weighted by Gasteiger charge is -2.13. The molecule has 0 amide bonds. The summed E-state index contributed by atoms with van der Waals surface area (Å²) in [5.41, 5.74) is 4.80. The predicted octanol–water partition coefficient (Wildman–Crippen LogP) is 3.11. The molecule has 1 radical (unpaired) electrons. The van der Waals surface area contributed by atoms with Crippen molar-refractivity contribution in [2.45, 2.75) is 25.7 Å². The summed E-state index contributed by atoms with van der Waals surface area (Å²) >= 11 is 0. The van der Waals surface area contributed by atoms with Gasteiger partial charge in [0.1, 0.15) is 0 Å². The standard InChI is InChI=1S/C17H18N2/c18-19-12-5-4-11-17(19)16-10-6-9-15(13-16)14-7-2-1-3-8-14/h4-7,10-13H,1-3,8,18H2/q+1. The fourth-order valence-corrected chi connectivity index (χ4v) is 2.59. The van der Waals surface area contributed by atoms with Crippen molar-refractivity contribution in [3.05, 3.63) is 60.3 Å². The molecule has 0 bridgehead atoms. The molecule has 0 saturated carbocycles. The van der Waals surface area contributed by atoms with Gasteiger partial charge in [0.05, 0.1) is 0 Å². The van der Waals surface area contributed by atoms with Crippen LogP contribution < -0.4 is 10.5 Å². The number of nitrogens with two attached hydrogens (primary N) is 1. The molecule has 0 fully saturated rings. The Bertz CT molecular complexity index is 614. The molecule has 0 saturated heterocycles. The first-order chi connectivity index (χ1) is 9.34. The van der Waals surface area contributed by atoms with E-state index in [-0.39, 0.29) is 0 Å². The van der Waals surface area contributed by atoms with E-state index in [1.807, 2.05) is 30.5 Å². The maximum atomic E-state index is 5.97. The van der Waals surface area contributed by atoms with E-state index in [9.17, 15) is 0 Å². The van der Waals surface area contributed by atoms with Crippen molar-refractivity contribution in [3.8, 4) is 11.3 Å². The van der Waals surface area contributed by atoms with Crippen LogP contribution in [-0.2, 0) is 0 Å². The summed E-state index contributed by atoms with van der Waals surface area (Å²) < 4.78 is 1.66. The van der Waals surface area contributed by atoms with Gasteiger partial charge in [0.2, 0.25) is 5.69 Å². The SMILES string of the molecule is N[n+]1ccccc1-c1cc[c]c(C2=CCCCC2)c1. The van der Waals surface area contributed by atoms with Gasteiger partial charge in [-0.15, -0.1) is 0 Å². The summed E-state index contributed by atoms with van der Waals surface area (Å²) in [4.78, 5) is 0. The third-order valence-corrected chi connectivity index (χ3v) is 3.62. The van der Waals surface area contributed by atoms with Gasteiger partial charge >= 0.3 is 0 Å². The van der Waals surface area contributed by atoms with Crippen molar-refractivity contribution in [2.75, 3.05) is 5.84 Å². The van der Waals surface area contributed by atoms with Crippen LogP contribution in [0, 0.1) is 6.07 Å². The zero-order valence-electron chi connectivity index (χ0n) is 11.0. The van der Waals surface area contributed by atoms with Crippen LogP contribution in [0.15, 0.2) is 48.7 Å². The molecule has 0 aliphatic heterocycles. The first-order valence-electron chi connectivity index (χ1n) is 6.82. The molecule has 19 heavy (non-hydrogen) atoms. The van der Waals surface area contributed by atoms with Crippen molar-refractivity contribution in [2.24, 2.45) is 0 Å². The smallest absolute Gasteiger partial charge is 0.205 e. The second-order valence-electron chi connectivity index (χ2n) is 4.96. The quantitative estimate of drug-likeness (QED) is 0.644. The maximum Gasteiger partial charge on any atom is 0.242 e. The van der Waals surface area contributed by atoms with Gasteiger partial charge in [-0.1, -0.05) is 16.8 Å². The summed E-state index contributed by atoms with van der Waals surface area (Å²) in [6, 6.07) is 15.6. The summed E-state index contributed by atoms with van der Waals surface area (Å²) in [5, 5.41) is 0. The van der Waals surface area contributed by atoms with Crippen molar-refractivity contribution in [1.82, 2.24) is 0 Å². The molecule has 0 unspecified atom stereocenters. The highest BCUT2D eigenvalue weighted by Crippen LogP contribution is 2.28. The van der Waals surface area contributed by atoms with Crippen LogP contribution >= 0.6 is 0 Å². The highest BCUT2D eigenvalue weighted by atomic mass is 15.3. The van der Waals surface area contributed by atoms with Crippen molar-refractivity contribution < 1.29 is 4.68 Å². The Morgan fingerprint density at radius 2 is 2.11 bits per heavy atom. The lowest BCUT2D eigenvalue weighted by molar-refractivity contribution is -0.627. The van der Waals surface area contributed by atoms with Crippen molar-refractivity contribution in [1.29, 1.82) is 0 Å². The Balaban J connectivity index is 2.01. The molecule has 2 heteroatoms. The molecule has 2 N–H and O–H groups in total. The molecular formula is C17H18N2+. The van der Waals surface area contributed by atoms with E-state index in [1.165, 1.54) is 30.4 Å². The monoisotopic (exact) mass is 250 g/mol. The van der Waals surface area contributed by atoms with Gasteiger partial charge in [-0.2, -0.15) is 0 Å². The molecule has 1 aliphatic rings. The van der Waals surface area contributed by atoms with Crippen LogP contribution in [0.1, 0.15) is 31.2 Å². The Morgan fingerprint density at radius 1 is 1.16 bits per heavy atom.